The summed E-state index contributed by atoms with van der Waals surface area (Å²) < 4.78 is 44.7. The first kappa shape index (κ1) is 18.0. The molecule has 9 heteroatoms. The van der Waals surface area contributed by atoms with Crippen LogP contribution in [0.25, 0.3) is 0 Å². The Labute approximate surface area is 145 Å². The minimum absolute atomic E-state index is 0.0432. The predicted molar refractivity (Wildman–Crippen MR) is 86.1 cm³/mol. The van der Waals surface area contributed by atoms with Crippen molar-refractivity contribution in [3.8, 4) is 0 Å². The van der Waals surface area contributed by atoms with Gasteiger partial charge in [-0.1, -0.05) is 12.1 Å². The molecular weight excluding hydrogens is 351 g/mol. The number of sulfonamides is 1. The van der Waals surface area contributed by atoms with Crippen molar-refractivity contribution in [3.05, 3.63) is 41.7 Å². The molecule has 1 fully saturated rings. The van der Waals surface area contributed by atoms with Crippen LogP contribution < -0.4 is 5.48 Å². The number of carbonyl (C=O) groups excluding carboxylic acids is 1. The van der Waals surface area contributed by atoms with Gasteiger partial charge in [-0.15, -0.1) is 0 Å². The highest BCUT2D eigenvalue weighted by atomic mass is 32.2. The van der Waals surface area contributed by atoms with E-state index in [1.54, 1.807) is 0 Å². The highest BCUT2D eigenvalue weighted by Gasteiger charge is 2.31. The number of hydroxylamine groups is 1. The van der Waals surface area contributed by atoms with Gasteiger partial charge in [0.15, 0.2) is 6.29 Å². The van der Waals surface area contributed by atoms with Crippen LogP contribution in [0.5, 0.6) is 0 Å². The Kier molecular flexibility index (Phi) is 5.48. The Morgan fingerprint density at radius 3 is 2.92 bits per heavy atom. The molecule has 1 unspecified atom stereocenters. The van der Waals surface area contributed by atoms with Crippen LogP contribution in [-0.2, 0) is 24.4 Å². The normalized spacial score (nSPS) is 21.8. The number of carbonyl (C=O) groups is 1. The molecule has 1 N–H and O–H groups in total. The average molecular weight is 370 g/mol. The lowest BCUT2D eigenvalue weighted by Crippen LogP contribution is -2.36. The third-order valence-electron chi connectivity index (χ3n) is 4.03. The van der Waals surface area contributed by atoms with Gasteiger partial charge in [-0.25, -0.2) is 23.1 Å². The summed E-state index contributed by atoms with van der Waals surface area (Å²) in [5.41, 5.74) is 2.58. The summed E-state index contributed by atoms with van der Waals surface area (Å²) in [5, 5.41) is 0. The number of rotatable bonds is 5. The van der Waals surface area contributed by atoms with Crippen molar-refractivity contribution in [2.24, 2.45) is 0 Å². The summed E-state index contributed by atoms with van der Waals surface area (Å²) in [7, 11) is -3.87. The van der Waals surface area contributed by atoms with E-state index in [0.717, 1.165) is 23.2 Å². The summed E-state index contributed by atoms with van der Waals surface area (Å²) in [5.74, 6) is -1.14. The molecule has 0 radical (unpaired) electrons. The third-order valence-corrected chi connectivity index (χ3v) is 5.84. The molecule has 1 atom stereocenters. The molecule has 0 saturated carbocycles. The van der Waals surface area contributed by atoms with Crippen LogP contribution in [0.15, 0.2) is 40.8 Å². The number of benzene rings is 1. The minimum atomic E-state index is -3.87. The molecule has 0 bridgehead atoms. The van der Waals surface area contributed by atoms with Crippen molar-refractivity contribution in [1.82, 2.24) is 9.79 Å². The lowest BCUT2D eigenvalue weighted by atomic mass is 10.2. The molecule has 2 aliphatic rings. The van der Waals surface area contributed by atoms with Gasteiger partial charge in [0.2, 0.25) is 10.0 Å². The zero-order valence-electron chi connectivity index (χ0n) is 13.5. The molecule has 3 rings (SSSR count). The number of nitrogens with zero attached hydrogens (tertiary/aromatic N) is 1. The van der Waals surface area contributed by atoms with Crippen molar-refractivity contribution in [1.29, 1.82) is 0 Å². The molecule has 1 aromatic carbocycles. The first-order chi connectivity index (χ1) is 12.0. The highest BCUT2D eigenvalue weighted by molar-refractivity contribution is 7.89. The first-order valence-electron chi connectivity index (χ1n) is 7.99. The molecule has 1 aromatic rings. The Hall–Kier alpha value is -1.81. The summed E-state index contributed by atoms with van der Waals surface area (Å²) >= 11 is 0. The van der Waals surface area contributed by atoms with E-state index in [9.17, 15) is 17.6 Å². The van der Waals surface area contributed by atoms with Gasteiger partial charge in [0, 0.05) is 31.7 Å². The number of hydrogen-bond donors (Lipinski definition) is 1. The van der Waals surface area contributed by atoms with Crippen LogP contribution in [0.4, 0.5) is 4.39 Å². The first-order valence-corrected chi connectivity index (χ1v) is 9.43. The number of halogens is 1. The molecule has 0 aliphatic carbocycles. The average Bonchev–Trinajstić information content (AvgIpc) is 3.11. The molecule has 25 heavy (non-hydrogen) atoms. The van der Waals surface area contributed by atoms with Crippen LogP contribution in [-0.4, -0.2) is 44.6 Å². The lowest BCUT2D eigenvalue weighted by molar-refractivity contribution is -0.198. The maximum atomic E-state index is 13.3. The van der Waals surface area contributed by atoms with Gasteiger partial charge in [-0.05, 0) is 31.0 Å². The van der Waals surface area contributed by atoms with Crippen LogP contribution in [0.2, 0.25) is 0 Å². The Morgan fingerprint density at radius 1 is 1.36 bits per heavy atom. The van der Waals surface area contributed by atoms with Crippen LogP contribution in [0.1, 0.15) is 19.3 Å². The number of ether oxygens (including phenoxy) is 1. The summed E-state index contributed by atoms with van der Waals surface area (Å²) in [4.78, 5) is 17.2. The van der Waals surface area contributed by atoms with Gasteiger partial charge in [-0.3, -0.25) is 4.79 Å². The quantitative estimate of drug-likeness (QED) is 0.791. The zero-order chi connectivity index (χ0) is 17.9. The van der Waals surface area contributed by atoms with E-state index in [1.807, 2.05) is 0 Å². The molecule has 2 heterocycles. The second-order valence-electron chi connectivity index (χ2n) is 5.83. The van der Waals surface area contributed by atoms with E-state index in [1.165, 1.54) is 24.3 Å². The maximum absolute atomic E-state index is 13.3. The van der Waals surface area contributed by atoms with E-state index >= 15 is 0 Å². The van der Waals surface area contributed by atoms with Crippen LogP contribution in [0, 0.1) is 5.82 Å². The molecule has 136 valence electrons. The fourth-order valence-electron chi connectivity index (χ4n) is 2.64. The Morgan fingerprint density at radius 2 is 2.20 bits per heavy atom. The smallest absolute Gasteiger partial charge is 0.271 e. The van der Waals surface area contributed by atoms with E-state index in [4.69, 9.17) is 9.57 Å². The van der Waals surface area contributed by atoms with E-state index < -0.39 is 28.0 Å². The SMILES string of the molecule is O=C(NOC1CCCCO1)C1=CCN(S(=O)(=O)c2cccc(F)c2)C1. The second-order valence-corrected chi connectivity index (χ2v) is 7.77. The molecule has 0 aromatic heterocycles. The van der Waals surface area contributed by atoms with E-state index in [0.29, 0.717) is 13.0 Å². The maximum Gasteiger partial charge on any atom is 0.271 e. The molecule has 0 spiro atoms. The summed E-state index contributed by atoms with van der Waals surface area (Å²) in [6.07, 6.45) is 3.65. The molecule has 1 amide bonds. The summed E-state index contributed by atoms with van der Waals surface area (Å²) in [6, 6.07) is 4.78. The third kappa shape index (κ3) is 4.24. The lowest BCUT2D eigenvalue weighted by Gasteiger charge is -2.22. The Balaban J connectivity index is 1.57. The zero-order valence-corrected chi connectivity index (χ0v) is 14.3. The van der Waals surface area contributed by atoms with Crippen LogP contribution in [0.3, 0.4) is 0 Å². The summed E-state index contributed by atoms with van der Waals surface area (Å²) in [6.45, 7) is 0.532. The topological polar surface area (TPSA) is 84.9 Å². The van der Waals surface area contributed by atoms with Crippen molar-refractivity contribution in [3.63, 3.8) is 0 Å². The Bertz CT molecular complexity index is 774. The molecule has 2 aliphatic heterocycles. The van der Waals surface area contributed by atoms with Gasteiger partial charge in [0.25, 0.3) is 5.91 Å². The standard InChI is InChI=1S/C16H19FN2O5S/c17-13-4-3-5-14(10-13)25(21,22)19-8-7-12(11-19)16(20)18-24-15-6-1-2-9-23-15/h3-5,7,10,15H,1-2,6,8-9,11H2,(H,18,20). The van der Waals surface area contributed by atoms with Gasteiger partial charge in [-0.2, -0.15) is 4.31 Å². The number of nitrogens with one attached hydrogen (secondary N) is 1. The van der Waals surface area contributed by atoms with Gasteiger partial charge >= 0.3 is 0 Å². The van der Waals surface area contributed by atoms with E-state index in [-0.39, 0.29) is 23.6 Å². The molecule has 1 saturated heterocycles. The number of amides is 1. The fraction of sp³-hybridized carbons (Fsp3) is 0.438. The monoisotopic (exact) mass is 370 g/mol. The van der Waals surface area contributed by atoms with Crippen LogP contribution >= 0.6 is 0 Å². The van der Waals surface area contributed by atoms with Gasteiger partial charge in [0.05, 0.1) is 4.90 Å². The number of hydrogen-bond acceptors (Lipinski definition) is 5. The highest BCUT2D eigenvalue weighted by Crippen LogP contribution is 2.21. The van der Waals surface area contributed by atoms with Crippen molar-refractivity contribution in [2.75, 3.05) is 19.7 Å². The molecule has 7 nitrogen and oxygen atoms in total. The van der Waals surface area contributed by atoms with Gasteiger partial charge in [0.1, 0.15) is 5.82 Å². The van der Waals surface area contributed by atoms with Crippen molar-refractivity contribution in [2.45, 2.75) is 30.4 Å². The van der Waals surface area contributed by atoms with Gasteiger partial charge < -0.3 is 4.74 Å². The minimum Gasteiger partial charge on any atom is -0.350 e. The van der Waals surface area contributed by atoms with Crippen molar-refractivity contribution < 1.29 is 27.2 Å². The second kappa shape index (κ2) is 7.61. The largest absolute Gasteiger partial charge is 0.350 e. The fourth-order valence-corrected chi connectivity index (χ4v) is 4.03. The molecular formula is C16H19FN2O5S. The predicted octanol–water partition coefficient (Wildman–Crippen LogP) is 1.33. The van der Waals surface area contributed by atoms with Crippen molar-refractivity contribution >= 4 is 15.9 Å². The van der Waals surface area contributed by atoms with E-state index in [2.05, 4.69) is 5.48 Å².